The summed E-state index contributed by atoms with van der Waals surface area (Å²) >= 11 is 0. The van der Waals surface area contributed by atoms with Gasteiger partial charge in [0.05, 0.1) is 0 Å². The highest BCUT2D eigenvalue weighted by atomic mass is 16.1. The molecular weight excluding hydrogens is 132 g/mol. The molecule has 0 amide bonds. The van der Waals surface area contributed by atoms with Crippen LogP contribution in [0, 0.1) is 5.92 Å². The highest BCUT2D eigenvalue weighted by Gasteiger charge is 2.05. The maximum absolute atomic E-state index is 9.93. The molecule has 0 fully saturated rings. The lowest BCUT2D eigenvalue weighted by Gasteiger charge is -2.03. The minimum Gasteiger partial charge on any atom is -0.303 e. The second kappa shape index (κ2) is 6.13. The number of carbonyl (C=O) groups excluding carboxylic acids is 3. The first kappa shape index (κ1) is 9.01. The average molecular weight is 142 g/mol. The first-order valence-electron chi connectivity index (χ1n) is 3.16. The Bertz CT molecular complexity index is 96.2. The molecule has 0 aromatic carbocycles. The van der Waals surface area contributed by atoms with Gasteiger partial charge in [-0.25, -0.2) is 0 Å². The summed E-state index contributed by atoms with van der Waals surface area (Å²) in [5.74, 6) is -0.0764. The van der Waals surface area contributed by atoms with E-state index in [1.54, 1.807) is 0 Å². The van der Waals surface area contributed by atoms with Gasteiger partial charge in [0.2, 0.25) is 0 Å². The number of hydrogen-bond donors (Lipinski definition) is 0. The lowest BCUT2D eigenvalue weighted by atomic mass is 10.0. The SMILES string of the molecule is O=CCC(CC=O)CC=O. The average Bonchev–Trinajstić information content (AvgIpc) is 1.90. The van der Waals surface area contributed by atoms with E-state index in [-0.39, 0.29) is 5.92 Å². The number of rotatable bonds is 6. The minimum atomic E-state index is -0.0764. The second-order valence-electron chi connectivity index (χ2n) is 2.07. The topological polar surface area (TPSA) is 51.2 Å². The lowest BCUT2D eigenvalue weighted by molar-refractivity contribution is -0.111. The van der Waals surface area contributed by atoms with Crippen LogP contribution in [0.1, 0.15) is 19.3 Å². The van der Waals surface area contributed by atoms with Crippen LogP contribution in [-0.4, -0.2) is 18.9 Å². The smallest absolute Gasteiger partial charge is 0.120 e. The van der Waals surface area contributed by atoms with Gasteiger partial charge in [0.25, 0.3) is 0 Å². The van der Waals surface area contributed by atoms with Gasteiger partial charge < -0.3 is 14.4 Å². The molecule has 0 aromatic rings. The second-order valence-corrected chi connectivity index (χ2v) is 2.07. The van der Waals surface area contributed by atoms with Crippen molar-refractivity contribution in [2.75, 3.05) is 0 Å². The Morgan fingerprint density at radius 1 is 0.800 bits per heavy atom. The fourth-order valence-corrected chi connectivity index (χ4v) is 0.697. The summed E-state index contributed by atoms with van der Waals surface area (Å²) < 4.78 is 0. The summed E-state index contributed by atoms with van der Waals surface area (Å²) in [6.07, 6.45) is 3.11. The number of aldehydes is 3. The third-order valence-corrected chi connectivity index (χ3v) is 1.29. The molecule has 0 aliphatic heterocycles. The Kier molecular flexibility index (Phi) is 5.53. The maximum Gasteiger partial charge on any atom is 0.120 e. The molecule has 10 heavy (non-hydrogen) atoms. The number of hydrogen-bond acceptors (Lipinski definition) is 3. The van der Waals surface area contributed by atoms with Crippen molar-refractivity contribution in [2.45, 2.75) is 19.3 Å². The van der Waals surface area contributed by atoms with Crippen LogP contribution in [0.3, 0.4) is 0 Å². The van der Waals surface area contributed by atoms with Crippen molar-refractivity contribution in [3.8, 4) is 0 Å². The van der Waals surface area contributed by atoms with E-state index in [9.17, 15) is 14.4 Å². The van der Waals surface area contributed by atoms with Crippen LogP contribution in [0.5, 0.6) is 0 Å². The molecule has 0 aliphatic rings. The van der Waals surface area contributed by atoms with Crippen LogP contribution in [0.2, 0.25) is 0 Å². The van der Waals surface area contributed by atoms with Gasteiger partial charge in [-0.3, -0.25) is 0 Å². The third kappa shape index (κ3) is 3.95. The quantitative estimate of drug-likeness (QED) is 0.503. The third-order valence-electron chi connectivity index (χ3n) is 1.29. The first-order valence-corrected chi connectivity index (χ1v) is 3.16. The van der Waals surface area contributed by atoms with Gasteiger partial charge in [-0.2, -0.15) is 0 Å². The molecule has 0 N–H and O–H groups in total. The molecule has 0 rings (SSSR count). The largest absolute Gasteiger partial charge is 0.303 e. The van der Waals surface area contributed by atoms with Gasteiger partial charge in [0.15, 0.2) is 0 Å². The molecule has 0 unspecified atom stereocenters. The van der Waals surface area contributed by atoms with Crippen LogP contribution in [0.15, 0.2) is 0 Å². The van der Waals surface area contributed by atoms with E-state index in [0.29, 0.717) is 19.3 Å². The van der Waals surface area contributed by atoms with Gasteiger partial charge >= 0.3 is 0 Å². The van der Waals surface area contributed by atoms with E-state index in [1.165, 1.54) is 0 Å². The summed E-state index contributed by atoms with van der Waals surface area (Å²) in [6.45, 7) is 0. The first-order chi connectivity index (χ1) is 4.85. The monoisotopic (exact) mass is 142 g/mol. The molecule has 0 aliphatic carbocycles. The molecule has 0 bridgehead atoms. The standard InChI is InChI=1S/C7H10O3/c8-4-1-7(2-5-9)3-6-10/h4-7H,1-3H2. The molecule has 0 spiro atoms. The summed E-state index contributed by atoms with van der Waals surface area (Å²) in [5, 5.41) is 0. The van der Waals surface area contributed by atoms with E-state index < -0.39 is 0 Å². The van der Waals surface area contributed by atoms with Crippen molar-refractivity contribution in [3.05, 3.63) is 0 Å². The van der Waals surface area contributed by atoms with E-state index in [1.807, 2.05) is 0 Å². The predicted molar refractivity (Wildman–Crippen MR) is 35.5 cm³/mol. The van der Waals surface area contributed by atoms with E-state index in [4.69, 9.17) is 0 Å². The van der Waals surface area contributed by atoms with Crippen molar-refractivity contribution in [2.24, 2.45) is 5.92 Å². The Labute approximate surface area is 59.4 Å². The minimum absolute atomic E-state index is 0.0764. The van der Waals surface area contributed by atoms with Crippen molar-refractivity contribution in [3.63, 3.8) is 0 Å². The van der Waals surface area contributed by atoms with Gasteiger partial charge in [-0.05, 0) is 5.92 Å². The molecule has 56 valence electrons. The Morgan fingerprint density at radius 2 is 1.10 bits per heavy atom. The normalized spacial score (nSPS) is 9.30. The van der Waals surface area contributed by atoms with Crippen LogP contribution in [0.4, 0.5) is 0 Å². The van der Waals surface area contributed by atoms with Crippen LogP contribution in [0.25, 0.3) is 0 Å². The molecule has 0 radical (unpaired) electrons. The zero-order valence-electron chi connectivity index (χ0n) is 5.66. The predicted octanol–water partition coefficient (Wildman–Crippen LogP) is 0.370. The van der Waals surface area contributed by atoms with Crippen LogP contribution < -0.4 is 0 Å². The van der Waals surface area contributed by atoms with Crippen molar-refractivity contribution in [1.82, 2.24) is 0 Å². The van der Waals surface area contributed by atoms with Gasteiger partial charge in [-0.15, -0.1) is 0 Å². The molecule has 3 nitrogen and oxygen atoms in total. The Balaban J connectivity index is 3.58. The van der Waals surface area contributed by atoms with Gasteiger partial charge in [0, 0.05) is 19.3 Å². The zero-order chi connectivity index (χ0) is 7.82. The van der Waals surface area contributed by atoms with E-state index in [0.717, 1.165) is 18.9 Å². The van der Waals surface area contributed by atoms with E-state index >= 15 is 0 Å². The number of carbonyl (C=O) groups is 3. The van der Waals surface area contributed by atoms with Gasteiger partial charge in [-0.1, -0.05) is 0 Å². The lowest BCUT2D eigenvalue weighted by Crippen LogP contribution is -2.02. The summed E-state index contributed by atoms with van der Waals surface area (Å²) in [7, 11) is 0. The molecular formula is C7H10O3. The van der Waals surface area contributed by atoms with Crippen molar-refractivity contribution in [1.29, 1.82) is 0 Å². The van der Waals surface area contributed by atoms with E-state index in [2.05, 4.69) is 0 Å². The van der Waals surface area contributed by atoms with Gasteiger partial charge in [0.1, 0.15) is 18.9 Å². The summed E-state index contributed by atoms with van der Waals surface area (Å²) in [6, 6.07) is 0. The molecule has 0 heterocycles. The highest BCUT2D eigenvalue weighted by molar-refractivity contribution is 5.58. The highest BCUT2D eigenvalue weighted by Crippen LogP contribution is 2.07. The molecule has 0 atom stereocenters. The van der Waals surface area contributed by atoms with Crippen LogP contribution in [-0.2, 0) is 14.4 Å². The Hall–Kier alpha value is -0.990. The molecule has 0 aromatic heterocycles. The fourth-order valence-electron chi connectivity index (χ4n) is 0.697. The zero-order valence-corrected chi connectivity index (χ0v) is 5.66. The summed E-state index contributed by atoms with van der Waals surface area (Å²) in [4.78, 5) is 29.8. The molecule has 0 saturated heterocycles. The van der Waals surface area contributed by atoms with Crippen molar-refractivity contribution < 1.29 is 14.4 Å². The Morgan fingerprint density at radius 3 is 1.30 bits per heavy atom. The summed E-state index contributed by atoms with van der Waals surface area (Å²) in [5.41, 5.74) is 0. The fraction of sp³-hybridized carbons (Fsp3) is 0.571. The molecule has 3 heteroatoms. The van der Waals surface area contributed by atoms with Crippen LogP contribution >= 0.6 is 0 Å². The van der Waals surface area contributed by atoms with Crippen molar-refractivity contribution >= 4 is 18.9 Å². The maximum atomic E-state index is 9.93. The molecule has 0 saturated carbocycles.